The molecule has 0 saturated heterocycles. The van der Waals surface area contributed by atoms with Gasteiger partial charge in [0, 0.05) is 17.3 Å². The molecule has 22 heavy (non-hydrogen) atoms. The number of hydrogen-bond donors (Lipinski definition) is 0. The third-order valence-electron chi connectivity index (χ3n) is 3.85. The van der Waals surface area contributed by atoms with Gasteiger partial charge in [0.05, 0.1) is 5.69 Å². The summed E-state index contributed by atoms with van der Waals surface area (Å²) in [6.07, 6.45) is 1.83. The van der Waals surface area contributed by atoms with Crippen LogP contribution in [0.3, 0.4) is 0 Å². The Hall–Kier alpha value is -2.48. The molecule has 3 aromatic rings. The average molecular weight is 291 g/mol. The zero-order valence-electron chi connectivity index (χ0n) is 13.0. The van der Waals surface area contributed by atoms with Crippen LogP contribution in [0.4, 0.5) is 4.39 Å². The van der Waals surface area contributed by atoms with Crippen LogP contribution in [0.2, 0.25) is 0 Å². The molecule has 1 heterocycles. The lowest BCUT2D eigenvalue weighted by atomic mass is 9.96. The number of benzene rings is 2. The summed E-state index contributed by atoms with van der Waals surface area (Å²) in [4.78, 5) is 4.43. The van der Waals surface area contributed by atoms with Crippen molar-refractivity contribution >= 4 is 0 Å². The van der Waals surface area contributed by atoms with Gasteiger partial charge >= 0.3 is 0 Å². The molecule has 0 aliphatic heterocycles. The molecule has 1 aromatic heterocycles. The van der Waals surface area contributed by atoms with Gasteiger partial charge < -0.3 is 0 Å². The molecule has 3 rings (SSSR count). The lowest BCUT2D eigenvalue weighted by molar-refractivity contribution is 0.631. The standard InChI is InChI=1S/C20H18FN/c1-13-4-7-17(15(3)10-13)18-11-16(6-8-19(18)21)20-9-5-14(2)12-22-20/h4-12H,1-3H3. The lowest BCUT2D eigenvalue weighted by Crippen LogP contribution is -1.91. The van der Waals surface area contributed by atoms with E-state index in [1.807, 2.05) is 57.3 Å². The summed E-state index contributed by atoms with van der Waals surface area (Å²) in [6, 6.07) is 15.2. The molecule has 110 valence electrons. The first-order valence-electron chi connectivity index (χ1n) is 7.35. The molecule has 0 amide bonds. The quantitative estimate of drug-likeness (QED) is 0.609. The molecular formula is C20H18FN. The van der Waals surface area contributed by atoms with Crippen molar-refractivity contribution in [2.75, 3.05) is 0 Å². The fourth-order valence-corrected chi connectivity index (χ4v) is 2.65. The van der Waals surface area contributed by atoms with Gasteiger partial charge in [-0.3, -0.25) is 4.98 Å². The van der Waals surface area contributed by atoms with Gasteiger partial charge in [-0.05, 0) is 61.7 Å². The predicted molar refractivity (Wildman–Crippen MR) is 89.3 cm³/mol. The first-order valence-corrected chi connectivity index (χ1v) is 7.35. The van der Waals surface area contributed by atoms with E-state index < -0.39 is 0 Å². The average Bonchev–Trinajstić information content (AvgIpc) is 2.49. The molecular weight excluding hydrogens is 273 g/mol. The van der Waals surface area contributed by atoms with E-state index in [4.69, 9.17) is 0 Å². The van der Waals surface area contributed by atoms with Gasteiger partial charge in [0.15, 0.2) is 0 Å². The van der Waals surface area contributed by atoms with Gasteiger partial charge in [0.25, 0.3) is 0 Å². The molecule has 0 N–H and O–H groups in total. The zero-order valence-corrected chi connectivity index (χ0v) is 13.0. The fraction of sp³-hybridized carbons (Fsp3) is 0.150. The molecule has 1 nitrogen and oxygen atoms in total. The number of hydrogen-bond acceptors (Lipinski definition) is 1. The van der Waals surface area contributed by atoms with Gasteiger partial charge in [-0.1, -0.05) is 29.8 Å². The highest BCUT2D eigenvalue weighted by Gasteiger charge is 2.10. The summed E-state index contributed by atoms with van der Waals surface area (Å²) >= 11 is 0. The Morgan fingerprint density at radius 2 is 1.55 bits per heavy atom. The SMILES string of the molecule is Cc1ccc(-c2ccc(F)c(-c3ccc(C)cc3C)c2)nc1. The van der Waals surface area contributed by atoms with Gasteiger partial charge in [-0.15, -0.1) is 0 Å². The summed E-state index contributed by atoms with van der Waals surface area (Å²) in [5, 5.41) is 0. The van der Waals surface area contributed by atoms with E-state index in [9.17, 15) is 4.39 Å². The number of pyridine rings is 1. The van der Waals surface area contributed by atoms with Crippen LogP contribution in [0.15, 0.2) is 54.7 Å². The van der Waals surface area contributed by atoms with E-state index in [0.29, 0.717) is 5.56 Å². The van der Waals surface area contributed by atoms with Gasteiger partial charge in [0.1, 0.15) is 5.82 Å². The number of aromatic nitrogens is 1. The van der Waals surface area contributed by atoms with Crippen molar-refractivity contribution < 1.29 is 4.39 Å². The Balaban J connectivity index is 2.12. The van der Waals surface area contributed by atoms with E-state index in [1.165, 1.54) is 11.6 Å². The third kappa shape index (κ3) is 2.77. The summed E-state index contributed by atoms with van der Waals surface area (Å²) in [5.41, 5.74) is 6.70. The first kappa shape index (κ1) is 14.5. The maximum Gasteiger partial charge on any atom is 0.131 e. The van der Waals surface area contributed by atoms with Crippen LogP contribution < -0.4 is 0 Å². The van der Waals surface area contributed by atoms with Crippen molar-refractivity contribution in [1.82, 2.24) is 4.98 Å². The van der Waals surface area contributed by atoms with Crippen molar-refractivity contribution in [3.05, 3.63) is 77.2 Å². The van der Waals surface area contributed by atoms with Crippen molar-refractivity contribution in [2.45, 2.75) is 20.8 Å². The van der Waals surface area contributed by atoms with Crippen molar-refractivity contribution in [3.63, 3.8) is 0 Å². The van der Waals surface area contributed by atoms with Gasteiger partial charge in [-0.25, -0.2) is 4.39 Å². The molecule has 0 fully saturated rings. The molecule has 0 spiro atoms. The second-order valence-electron chi connectivity index (χ2n) is 5.73. The molecule has 0 unspecified atom stereocenters. The Morgan fingerprint density at radius 3 is 2.23 bits per heavy atom. The minimum Gasteiger partial charge on any atom is -0.256 e. The highest BCUT2D eigenvalue weighted by molar-refractivity contribution is 5.74. The van der Waals surface area contributed by atoms with E-state index in [-0.39, 0.29) is 5.82 Å². The number of nitrogens with zero attached hydrogens (tertiary/aromatic N) is 1. The van der Waals surface area contributed by atoms with E-state index in [2.05, 4.69) is 11.1 Å². The van der Waals surface area contributed by atoms with Gasteiger partial charge in [-0.2, -0.15) is 0 Å². The maximum absolute atomic E-state index is 14.3. The van der Waals surface area contributed by atoms with Crippen LogP contribution in [0.25, 0.3) is 22.4 Å². The van der Waals surface area contributed by atoms with Crippen LogP contribution in [0.1, 0.15) is 16.7 Å². The molecule has 0 saturated carbocycles. The summed E-state index contributed by atoms with van der Waals surface area (Å²) in [7, 11) is 0. The van der Waals surface area contributed by atoms with Gasteiger partial charge in [0.2, 0.25) is 0 Å². The van der Waals surface area contributed by atoms with Crippen LogP contribution in [0.5, 0.6) is 0 Å². The van der Waals surface area contributed by atoms with Crippen LogP contribution in [-0.2, 0) is 0 Å². The van der Waals surface area contributed by atoms with E-state index in [0.717, 1.165) is 27.9 Å². The topological polar surface area (TPSA) is 12.9 Å². The minimum atomic E-state index is -0.206. The monoisotopic (exact) mass is 291 g/mol. The first-order chi connectivity index (χ1) is 10.5. The number of halogens is 1. The summed E-state index contributed by atoms with van der Waals surface area (Å²) in [6.45, 7) is 6.06. The lowest BCUT2D eigenvalue weighted by Gasteiger charge is -2.10. The Labute approximate surface area is 130 Å². The second-order valence-corrected chi connectivity index (χ2v) is 5.73. The van der Waals surface area contributed by atoms with Crippen LogP contribution in [0, 0.1) is 26.6 Å². The van der Waals surface area contributed by atoms with Crippen LogP contribution in [-0.4, -0.2) is 4.98 Å². The normalized spacial score (nSPS) is 10.7. The van der Waals surface area contributed by atoms with Crippen molar-refractivity contribution in [1.29, 1.82) is 0 Å². The summed E-state index contributed by atoms with van der Waals surface area (Å²) in [5.74, 6) is -0.206. The number of aryl methyl sites for hydroxylation is 3. The number of rotatable bonds is 2. The van der Waals surface area contributed by atoms with Crippen molar-refractivity contribution in [3.8, 4) is 22.4 Å². The molecule has 0 atom stereocenters. The second kappa shape index (κ2) is 5.72. The third-order valence-corrected chi connectivity index (χ3v) is 3.85. The molecule has 2 heteroatoms. The smallest absolute Gasteiger partial charge is 0.131 e. The molecule has 0 radical (unpaired) electrons. The van der Waals surface area contributed by atoms with Crippen molar-refractivity contribution in [2.24, 2.45) is 0 Å². The molecule has 2 aromatic carbocycles. The minimum absolute atomic E-state index is 0.206. The Morgan fingerprint density at radius 1 is 0.773 bits per heavy atom. The molecule has 0 aliphatic carbocycles. The zero-order chi connectivity index (χ0) is 15.7. The Kier molecular flexibility index (Phi) is 3.76. The highest BCUT2D eigenvalue weighted by Crippen LogP contribution is 2.30. The highest BCUT2D eigenvalue weighted by atomic mass is 19.1. The summed E-state index contributed by atoms with van der Waals surface area (Å²) < 4.78 is 14.3. The van der Waals surface area contributed by atoms with E-state index >= 15 is 0 Å². The Bertz CT molecular complexity index is 820. The maximum atomic E-state index is 14.3. The molecule has 0 bridgehead atoms. The van der Waals surface area contributed by atoms with Crippen LogP contribution >= 0.6 is 0 Å². The largest absolute Gasteiger partial charge is 0.256 e. The van der Waals surface area contributed by atoms with E-state index in [1.54, 1.807) is 6.07 Å². The molecule has 0 aliphatic rings. The fourth-order valence-electron chi connectivity index (χ4n) is 2.65. The predicted octanol–water partition coefficient (Wildman–Crippen LogP) is 5.48.